The van der Waals surface area contributed by atoms with Crippen LogP contribution in [0.1, 0.15) is 77.6 Å². The van der Waals surface area contributed by atoms with E-state index in [0.29, 0.717) is 24.7 Å². The highest BCUT2D eigenvalue weighted by atomic mass is 19.4. The first-order chi connectivity index (χ1) is 16.4. The van der Waals surface area contributed by atoms with Crippen LogP contribution in [0.2, 0.25) is 0 Å². The summed E-state index contributed by atoms with van der Waals surface area (Å²) in [6.45, 7) is 2.24. The SMILES string of the molecule is CC1CCC(C2CCC(C3CC(F)C(C4CC(F)C(OC(F)(F)F)C(F)C4)C(F)C3)C(F)C2)CC1. The first kappa shape index (κ1) is 27.4. The number of halogens is 8. The van der Waals surface area contributed by atoms with Gasteiger partial charge in [-0.25, -0.2) is 22.0 Å². The van der Waals surface area contributed by atoms with Gasteiger partial charge in [0.05, 0.1) is 0 Å². The van der Waals surface area contributed by atoms with Crippen molar-refractivity contribution in [3.05, 3.63) is 0 Å². The summed E-state index contributed by atoms with van der Waals surface area (Å²) in [5.74, 6) is -1.64. The standard InChI is InChI=1S/C26H38F8O/c1-13-2-4-14(5-3-13)15-6-7-18(19(27)8-15)16-9-20(28)24(21(29)10-16)17-11-22(30)25(23(31)12-17)35-26(32,33)34/h13-25H,2-12H2,1H3. The van der Waals surface area contributed by atoms with E-state index in [1.807, 2.05) is 0 Å². The summed E-state index contributed by atoms with van der Waals surface area (Å²) >= 11 is 0. The molecule has 7 unspecified atom stereocenters. The van der Waals surface area contributed by atoms with Crippen LogP contribution in [-0.2, 0) is 4.74 Å². The van der Waals surface area contributed by atoms with Gasteiger partial charge in [-0.3, -0.25) is 4.74 Å². The average Bonchev–Trinajstić information content (AvgIpc) is 2.75. The van der Waals surface area contributed by atoms with Crippen molar-refractivity contribution in [2.45, 2.75) is 121 Å². The third kappa shape index (κ3) is 6.46. The van der Waals surface area contributed by atoms with Crippen molar-refractivity contribution in [3.63, 3.8) is 0 Å². The number of rotatable bonds is 4. The fourth-order valence-corrected chi connectivity index (χ4v) is 7.83. The molecule has 0 radical (unpaired) electrons. The van der Waals surface area contributed by atoms with Crippen molar-refractivity contribution < 1.29 is 39.9 Å². The fourth-order valence-electron chi connectivity index (χ4n) is 7.83. The summed E-state index contributed by atoms with van der Waals surface area (Å²) in [5, 5.41) is 0. The van der Waals surface area contributed by atoms with Crippen LogP contribution in [-0.4, -0.2) is 43.3 Å². The van der Waals surface area contributed by atoms with Crippen molar-refractivity contribution in [1.29, 1.82) is 0 Å². The molecule has 0 saturated heterocycles. The molecule has 0 amide bonds. The van der Waals surface area contributed by atoms with Gasteiger partial charge in [0, 0.05) is 5.92 Å². The van der Waals surface area contributed by atoms with Crippen LogP contribution in [0.15, 0.2) is 0 Å². The highest BCUT2D eigenvalue weighted by Crippen LogP contribution is 2.51. The Kier molecular flexibility index (Phi) is 8.64. The van der Waals surface area contributed by atoms with Gasteiger partial charge >= 0.3 is 6.36 Å². The normalized spacial score (nSPS) is 50.1. The molecule has 0 aromatic rings. The molecular formula is C26H38F8O. The van der Waals surface area contributed by atoms with Crippen molar-refractivity contribution >= 4 is 0 Å². The van der Waals surface area contributed by atoms with E-state index in [1.165, 1.54) is 12.8 Å². The molecule has 4 aliphatic carbocycles. The second-order valence-corrected chi connectivity index (χ2v) is 11.9. The first-order valence-corrected chi connectivity index (χ1v) is 13.4. The average molecular weight is 519 g/mol. The van der Waals surface area contributed by atoms with Crippen LogP contribution in [0.25, 0.3) is 0 Å². The number of hydrogen-bond donors (Lipinski definition) is 0. The molecule has 0 aromatic heterocycles. The maximum Gasteiger partial charge on any atom is 0.522 e. The second-order valence-electron chi connectivity index (χ2n) is 11.9. The van der Waals surface area contributed by atoms with Gasteiger partial charge in [0.15, 0.2) is 0 Å². The maximum atomic E-state index is 15.3. The largest absolute Gasteiger partial charge is 0.522 e. The number of ether oxygens (including phenoxy) is 1. The lowest BCUT2D eigenvalue weighted by atomic mass is 9.62. The van der Waals surface area contributed by atoms with E-state index in [-0.39, 0.29) is 12.8 Å². The van der Waals surface area contributed by atoms with Gasteiger partial charge in [-0.2, -0.15) is 0 Å². The Labute approximate surface area is 202 Å². The second kappa shape index (κ2) is 11.0. The summed E-state index contributed by atoms with van der Waals surface area (Å²) in [6, 6.07) is 0. The van der Waals surface area contributed by atoms with Crippen molar-refractivity contribution in [1.82, 2.24) is 0 Å². The lowest BCUT2D eigenvalue weighted by Gasteiger charge is -2.47. The lowest BCUT2D eigenvalue weighted by molar-refractivity contribution is -0.358. The van der Waals surface area contributed by atoms with Gasteiger partial charge < -0.3 is 0 Å². The third-order valence-corrected chi connectivity index (χ3v) is 9.67. The quantitative estimate of drug-likeness (QED) is 0.341. The van der Waals surface area contributed by atoms with Crippen molar-refractivity contribution in [3.8, 4) is 0 Å². The van der Waals surface area contributed by atoms with Gasteiger partial charge in [0.1, 0.15) is 37.0 Å². The van der Waals surface area contributed by atoms with Gasteiger partial charge in [-0.05, 0) is 93.3 Å². The van der Waals surface area contributed by atoms with Gasteiger partial charge in [0.2, 0.25) is 0 Å². The Balaban J connectivity index is 1.32. The minimum atomic E-state index is -5.19. The Morgan fingerprint density at radius 3 is 1.54 bits per heavy atom. The molecule has 204 valence electrons. The monoisotopic (exact) mass is 518 g/mol. The minimum absolute atomic E-state index is 0.0608. The molecule has 4 aliphatic rings. The Hall–Kier alpha value is -0.600. The molecule has 7 atom stereocenters. The zero-order chi connectivity index (χ0) is 25.5. The molecule has 9 heteroatoms. The molecule has 0 N–H and O–H groups in total. The van der Waals surface area contributed by atoms with E-state index in [0.717, 1.165) is 25.2 Å². The highest BCUT2D eigenvalue weighted by molar-refractivity contribution is 4.99. The van der Waals surface area contributed by atoms with Crippen LogP contribution in [0, 0.1) is 41.4 Å². The summed E-state index contributed by atoms with van der Waals surface area (Å²) in [5.41, 5.74) is 0. The summed E-state index contributed by atoms with van der Waals surface area (Å²) in [7, 11) is 0. The Morgan fingerprint density at radius 1 is 0.543 bits per heavy atom. The Bertz CT molecular complexity index is 657. The molecule has 1 nitrogen and oxygen atoms in total. The molecule has 0 spiro atoms. The fraction of sp³-hybridized carbons (Fsp3) is 1.00. The first-order valence-electron chi connectivity index (χ1n) is 13.4. The third-order valence-electron chi connectivity index (χ3n) is 9.67. The van der Waals surface area contributed by atoms with Crippen molar-refractivity contribution in [2.24, 2.45) is 41.4 Å². The summed E-state index contributed by atoms with van der Waals surface area (Å²) in [6.07, 6.45) is -11.4. The van der Waals surface area contributed by atoms with E-state index < -0.39 is 79.8 Å². The smallest absolute Gasteiger partial charge is 0.282 e. The molecule has 4 saturated carbocycles. The molecule has 0 aromatic carbocycles. The van der Waals surface area contributed by atoms with E-state index in [9.17, 15) is 22.0 Å². The van der Waals surface area contributed by atoms with Crippen LogP contribution >= 0.6 is 0 Å². The molecule has 4 fully saturated rings. The highest BCUT2D eigenvalue weighted by Gasteiger charge is 2.52. The van der Waals surface area contributed by atoms with Crippen LogP contribution in [0.3, 0.4) is 0 Å². The summed E-state index contributed by atoms with van der Waals surface area (Å²) in [4.78, 5) is 0. The molecule has 0 aliphatic heterocycles. The van der Waals surface area contributed by atoms with Crippen LogP contribution in [0.5, 0.6) is 0 Å². The molecule has 0 bridgehead atoms. The van der Waals surface area contributed by atoms with Crippen LogP contribution < -0.4 is 0 Å². The predicted molar refractivity (Wildman–Crippen MR) is 116 cm³/mol. The molecular weight excluding hydrogens is 480 g/mol. The molecule has 0 heterocycles. The lowest BCUT2D eigenvalue weighted by Crippen LogP contribution is -2.51. The van der Waals surface area contributed by atoms with Crippen LogP contribution in [0.4, 0.5) is 35.1 Å². The number of hydrogen-bond acceptors (Lipinski definition) is 1. The van der Waals surface area contributed by atoms with Crippen molar-refractivity contribution in [2.75, 3.05) is 0 Å². The molecule has 35 heavy (non-hydrogen) atoms. The van der Waals surface area contributed by atoms with Gasteiger partial charge in [0.25, 0.3) is 0 Å². The minimum Gasteiger partial charge on any atom is -0.282 e. The predicted octanol–water partition coefficient (Wildman–Crippen LogP) is 8.26. The number of alkyl halides is 8. The van der Waals surface area contributed by atoms with E-state index in [2.05, 4.69) is 11.7 Å². The van der Waals surface area contributed by atoms with E-state index in [1.54, 1.807) is 0 Å². The van der Waals surface area contributed by atoms with E-state index >= 15 is 13.2 Å². The zero-order valence-electron chi connectivity index (χ0n) is 20.2. The summed E-state index contributed by atoms with van der Waals surface area (Å²) < 4.78 is 115. The topological polar surface area (TPSA) is 9.23 Å². The Morgan fingerprint density at radius 2 is 1.03 bits per heavy atom. The molecule has 4 rings (SSSR count). The zero-order valence-corrected chi connectivity index (χ0v) is 20.2. The van der Waals surface area contributed by atoms with E-state index in [4.69, 9.17) is 0 Å². The van der Waals surface area contributed by atoms with Gasteiger partial charge in [-0.15, -0.1) is 13.2 Å². The van der Waals surface area contributed by atoms with Gasteiger partial charge in [-0.1, -0.05) is 19.8 Å². The maximum absolute atomic E-state index is 15.3.